The predicted molar refractivity (Wildman–Crippen MR) is 111 cm³/mol. The highest BCUT2D eigenvalue weighted by Crippen LogP contribution is 2.29. The molecule has 0 bridgehead atoms. The van der Waals surface area contributed by atoms with Crippen LogP contribution in [0.15, 0.2) is 48.5 Å². The Morgan fingerprint density at radius 1 is 1.13 bits per heavy atom. The van der Waals surface area contributed by atoms with E-state index in [2.05, 4.69) is 10.1 Å². The van der Waals surface area contributed by atoms with Gasteiger partial charge in [0.05, 0.1) is 13.0 Å². The van der Waals surface area contributed by atoms with E-state index in [0.717, 1.165) is 17.5 Å². The Hall–Kier alpha value is -3.16. The molecule has 8 heteroatoms. The number of methoxy groups -OCH3 is 1. The van der Waals surface area contributed by atoms with Gasteiger partial charge in [0.15, 0.2) is 11.5 Å². The third kappa shape index (κ3) is 6.41. The fourth-order valence-electron chi connectivity index (χ4n) is 3.61. The quantitative estimate of drug-likeness (QED) is 0.627. The van der Waals surface area contributed by atoms with Crippen LogP contribution in [0.2, 0.25) is 0 Å². The predicted octanol–water partition coefficient (Wildman–Crippen LogP) is 3.05. The van der Waals surface area contributed by atoms with Crippen molar-refractivity contribution >= 4 is 11.8 Å². The number of ether oxygens (including phenoxy) is 2. The number of nitrogens with one attached hydrogen (secondary N) is 1. The first-order valence-electron chi connectivity index (χ1n) is 10.2. The molecule has 31 heavy (non-hydrogen) atoms. The summed E-state index contributed by atoms with van der Waals surface area (Å²) in [6.07, 6.45) is 1.39. The number of hydrogen-bond acceptors (Lipinski definition) is 4. The van der Waals surface area contributed by atoms with Gasteiger partial charge in [-0.2, -0.15) is 8.78 Å². The average molecular weight is 432 g/mol. The van der Waals surface area contributed by atoms with Crippen LogP contribution in [0.5, 0.6) is 11.5 Å². The molecule has 1 aliphatic rings. The molecule has 2 aromatic rings. The van der Waals surface area contributed by atoms with Gasteiger partial charge < -0.3 is 19.7 Å². The molecule has 0 saturated carbocycles. The minimum absolute atomic E-state index is 0.0139. The maximum absolute atomic E-state index is 12.5. The summed E-state index contributed by atoms with van der Waals surface area (Å²) in [6.45, 7) is -1.63. The van der Waals surface area contributed by atoms with Crippen LogP contribution >= 0.6 is 0 Å². The Kier molecular flexibility index (Phi) is 7.81. The Bertz CT molecular complexity index is 892. The number of benzene rings is 2. The number of halogens is 2. The third-order valence-corrected chi connectivity index (χ3v) is 5.26. The minimum atomic E-state index is -2.95. The highest BCUT2D eigenvalue weighted by atomic mass is 19.3. The molecule has 1 fully saturated rings. The molecule has 0 aliphatic carbocycles. The lowest BCUT2D eigenvalue weighted by molar-refractivity contribution is -0.129. The molecule has 0 spiro atoms. The van der Waals surface area contributed by atoms with Crippen molar-refractivity contribution in [2.45, 2.75) is 25.9 Å². The second-order valence-corrected chi connectivity index (χ2v) is 7.38. The summed E-state index contributed by atoms with van der Waals surface area (Å²) in [5.74, 6) is -0.394. The van der Waals surface area contributed by atoms with Gasteiger partial charge in [-0.05, 0) is 36.1 Å². The molecule has 1 heterocycles. The van der Waals surface area contributed by atoms with Crippen molar-refractivity contribution < 1.29 is 27.8 Å². The summed E-state index contributed by atoms with van der Waals surface area (Å²) >= 11 is 0. The molecule has 2 amide bonds. The number of carbonyl (C=O) groups is 2. The highest BCUT2D eigenvalue weighted by molar-refractivity contribution is 5.89. The third-order valence-electron chi connectivity index (χ3n) is 5.26. The van der Waals surface area contributed by atoms with Gasteiger partial charge in [-0.3, -0.25) is 9.59 Å². The van der Waals surface area contributed by atoms with E-state index in [1.807, 2.05) is 30.3 Å². The number of nitrogens with zero attached hydrogens (tertiary/aromatic N) is 1. The zero-order chi connectivity index (χ0) is 22.2. The van der Waals surface area contributed by atoms with Crippen LogP contribution in [0, 0.1) is 5.92 Å². The van der Waals surface area contributed by atoms with Gasteiger partial charge in [0.25, 0.3) is 0 Å². The first kappa shape index (κ1) is 22.5. The summed E-state index contributed by atoms with van der Waals surface area (Å²) in [5.41, 5.74) is 1.88. The van der Waals surface area contributed by atoms with Crippen LogP contribution in [-0.4, -0.2) is 50.1 Å². The van der Waals surface area contributed by atoms with E-state index in [9.17, 15) is 18.4 Å². The number of rotatable bonds is 10. The van der Waals surface area contributed by atoms with Crippen LogP contribution in [-0.2, 0) is 22.4 Å². The van der Waals surface area contributed by atoms with Gasteiger partial charge in [0, 0.05) is 26.1 Å². The van der Waals surface area contributed by atoms with Crippen molar-refractivity contribution in [3.05, 3.63) is 59.7 Å². The molecule has 166 valence electrons. The Labute approximate surface area is 180 Å². The minimum Gasteiger partial charge on any atom is -0.493 e. The zero-order valence-electron chi connectivity index (χ0n) is 17.4. The van der Waals surface area contributed by atoms with E-state index < -0.39 is 6.61 Å². The highest BCUT2D eigenvalue weighted by Gasteiger charge is 2.33. The first-order valence-corrected chi connectivity index (χ1v) is 10.2. The fourth-order valence-corrected chi connectivity index (χ4v) is 3.61. The van der Waals surface area contributed by atoms with Gasteiger partial charge >= 0.3 is 6.61 Å². The van der Waals surface area contributed by atoms with Crippen molar-refractivity contribution in [3.8, 4) is 11.5 Å². The summed E-state index contributed by atoms with van der Waals surface area (Å²) in [4.78, 5) is 26.5. The molecule has 1 unspecified atom stereocenters. The Morgan fingerprint density at radius 2 is 1.90 bits per heavy atom. The lowest BCUT2D eigenvalue weighted by Crippen LogP contribution is -2.34. The van der Waals surface area contributed by atoms with Crippen LogP contribution < -0.4 is 14.8 Å². The topological polar surface area (TPSA) is 67.9 Å². The molecule has 1 N–H and O–H groups in total. The SMILES string of the molecule is COc1ccc(CCNC(=O)C2CC(=O)N(CCc3ccccc3)C2)cc1OC(F)F. The number of amides is 2. The van der Waals surface area contributed by atoms with Crippen molar-refractivity contribution in [3.63, 3.8) is 0 Å². The molecular formula is C23H26F2N2O4. The van der Waals surface area contributed by atoms with Gasteiger partial charge in [-0.15, -0.1) is 0 Å². The lowest BCUT2D eigenvalue weighted by atomic mass is 10.1. The van der Waals surface area contributed by atoms with Gasteiger partial charge in [-0.25, -0.2) is 0 Å². The molecule has 0 radical (unpaired) electrons. The maximum Gasteiger partial charge on any atom is 0.387 e. The molecule has 1 aliphatic heterocycles. The van der Waals surface area contributed by atoms with Crippen molar-refractivity contribution in [1.29, 1.82) is 0 Å². The second kappa shape index (κ2) is 10.7. The van der Waals surface area contributed by atoms with Crippen LogP contribution in [0.3, 0.4) is 0 Å². The number of likely N-dealkylation sites (tertiary alicyclic amines) is 1. The summed E-state index contributed by atoms with van der Waals surface area (Å²) in [7, 11) is 1.37. The van der Waals surface area contributed by atoms with Crippen LogP contribution in [0.1, 0.15) is 17.5 Å². The van der Waals surface area contributed by atoms with Crippen molar-refractivity contribution in [2.75, 3.05) is 26.7 Å². The van der Waals surface area contributed by atoms with Gasteiger partial charge in [0.1, 0.15) is 0 Å². The van der Waals surface area contributed by atoms with Crippen molar-refractivity contribution in [1.82, 2.24) is 10.2 Å². The maximum atomic E-state index is 12.5. The van der Waals surface area contributed by atoms with Crippen molar-refractivity contribution in [2.24, 2.45) is 5.92 Å². The molecule has 2 aromatic carbocycles. The first-order chi connectivity index (χ1) is 15.0. The summed E-state index contributed by atoms with van der Waals surface area (Å²) in [5, 5.41) is 2.84. The normalized spacial score (nSPS) is 15.9. The fraction of sp³-hybridized carbons (Fsp3) is 0.391. The van der Waals surface area contributed by atoms with Crippen LogP contribution in [0.25, 0.3) is 0 Å². The van der Waals surface area contributed by atoms with Crippen LogP contribution in [0.4, 0.5) is 8.78 Å². The lowest BCUT2D eigenvalue weighted by Gasteiger charge is -2.16. The number of hydrogen-bond donors (Lipinski definition) is 1. The average Bonchev–Trinajstić information content (AvgIpc) is 3.13. The number of carbonyl (C=O) groups excluding carboxylic acids is 2. The molecule has 6 nitrogen and oxygen atoms in total. The zero-order valence-corrected chi connectivity index (χ0v) is 17.4. The Balaban J connectivity index is 1.46. The van der Waals surface area contributed by atoms with E-state index in [4.69, 9.17) is 4.74 Å². The largest absolute Gasteiger partial charge is 0.493 e. The van der Waals surface area contributed by atoms with Gasteiger partial charge in [0.2, 0.25) is 11.8 Å². The summed E-state index contributed by atoms with van der Waals surface area (Å²) < 4.78 is 34.6. The molecule has 1 saturated heterocycles. The standard InChI is InChI=1S/C23H26F2N2O4/c1-30-19-8-7-17(13-20(19)31-23(24)25)9-11-26-22(29)18-14-21(28)27(15-18)12-10-16-5-3-2-4-6-16/h2-8,13,18,23H,9-12,14-15H2,1H3,(H,26,29). The second-order valence-electron chi connectivity index (χ2n) is 7.38. The molecule has 1 atom stereocenters. The molecular weight excluding hydrogens is 406 g/mol. The van der Waals surface area contributed by atoms with Gasteiger partial charge in [-0.1, -0.05) is 36.4 Å². The smallest absolute Gasteiger partial charge is 0.387 e. The summed E-state index contributed by atoms with van der Waals surface area (Å²) in [6, 6.07) is 14.7. The molecule has 0 aromatic heterocycles. The van der Waals surface area contributed by atoms with E-state index in [1.165, 1.54) is 13.2 Å². The Morgan fingerprint density at radius 3 is 2.61 bits per heavy atom. The van der Waals surface area contributed by atoms with E-state index in [1.54, 1.807) is 17.0 Å². The van der Waals surface area contributed by atoms with E-state index >= 15 is 0 Å². The number of alkyl halides is 2. The van der Waals surface area contributed by atoms with E-state index in [0.29, 0.717) is 26.1 Å². The van der Waals surface area contributed by atoms with E-state index in [-0.39, 0.29) is 35.7 Å². The monoisotopic (exact) mass is 432 g/mol. The molecule has 3 rings (SSSR count).